The van der Waals surface area contributed by atoms with E-state index in [9.17, 15) is 38.9 Å². The van der Waals surface area contributed by atoms with Gasteiger partial charge in [0, 0.05) is 41.0 Å². The molecule has 0 aromatic heterocycles. The second-order valence-corrected chi connectivity index (χ2v) is 18.1. The summed E-state index contributed by atoms with van der Waals surface area (Å²) in [5.74, 6) is -4.83. The van der Waals surface area contributed by atoms with Gasteiger partial charge >= 0.3 is 36.0 Å². The molecule has 0 bridgehead atoms. The summed E-state index contributed by atoms with van der Waals surface area (Å²) in [5.41, 5.74) is -0.158. The third kappa shape index (κ3) is 12.0. The lowest BCUT2D eigenvalue weighted by Gasteiger charge is -2.43. The summed E-state index contributed by atoms with van der Waals surface area (Å²) in [6.45, 7) is 9.00. The van der Waals surface area contributed by atoms with Crippen LogP contribution in [0.1, 0.15) is 36.7 Å². The second-order valence-electron chi connectivity index (χ2n) is 12.5. The molecule has 0 spiro atoms. The third-order valence-electron chi connectivity index (χ3n) is 7.03. The zero-order valence-corrected chi connectivity index (χ0v) is 30.4. The molecule has 1 aliphatic heterocycles. The molecule has 0 N–H and O–H groups in total. The van der Waals surface area contributed by atoms with E-state index in [1.54, 1.807) is 0 Å². The molecule has 1 unspecified atom stereocenters. The largest absolute Gasteiger partial charge is 0.514 e. The average Bonchev–Trinajstić information content (AvgIpc) is 3.05. The van der Waals surface area contributed by atoms with E-state index >= 15 is 0 Å². The Morgan fingerprint density at radius 2 is 1.42 bits per heavy atom. The minimum absolute atomic E-state index is 0.0194. The van der Waals surface area contributed by atoms with Gasteiger partial charge in [-0.15, -0.1) is 0 Å². The number of hydrogen-bond acceptors (Lipinski definition) is 17. The maximum absolute atomic E-state index is 13.5. The van der Waals surface area contributed by atoms with Crippen molar-refractivity contribution in [1.29, 1.82) is 0 Å². The SMILES string of the molecule is COC(=O)[C@H]1OC(Oc2ccc(COC(=O)Oc3ccc([N+](=O)[O-])cc3)cc2C(=O)OCC[Si](C)(C)C)[C@H](OC(C)=O)[C@@H](OC(C)=O)[C@@H]1OC(C)=O. The summed E-state index contributed by atoms with van der Waals surface area (Å²) in [7, 11) is -0.610. The molecule has 19 heteroatoms. The highest BCUT2D eigenvalue weighted by Crippen LogP contribution is 2.33. The molecule has 282 valence electrons. The Morgan fingerprint density at radius 1 is 0.827 bits per heavy atom. The number of nitro groups is 1. The van der Waals surface area contributed by atoms with Crippen molar-refractivity contribution in [3.05, 3.63) is 63.7 Å². The third-order valence-corrected chi connectivity index (χ3v) is 8.74. The van der Waals surface area contributed by atoms with E-state index in [2.05, 4.69) is 19.6 Å². The number of nitro benzene ring substituents is 1. The lowest BCUT2D eigenvalue weighted by Crippen LogP contribution is -2.64. The summed E-state index contributed by atoms with van der Waals surface area (Å²) in [6, 6.07) is 9.30. The van der Waals surface area contributed by atoms with Crippen molar-refractivity contribution in [2.24, 2.45) is 0 Å². The molecular weight excluding hydrogens is 710 g/mol. The van der Waals surface area contributed by atoms with Gasteiger partial charge in [0.05, 0.1) is 18.6 Å². The summed E-state index contributed by atoms with van der Waals surface area (Å²) < 4.78 is 48.4. The van der Waals surface area contributed by atoms with Crippen LogP contribution < -0.4 is 9.47 Å². The smallest absolute Gasteiger partial charge is 0.467 e. The molecule has 0 radical (unpaired) electrons. The first-order chi connectivity index (χ1) is 24.4. The zero-order chi connectivity index (χ0) is 38.7. The van der Waals surface area contributed by atoms with Crippen molar-refractivity contribution in [3.63, 3.8) is 0 Å². The molecule has 2 aromatic rings. The Labute approximate surface area is 298 Å². The Balaban J connectivity index is 1.97. The molecule has 1 heterocycles. The highest BCUT2D eigenvalue weighted by atomic mass is 28.3. The first-order valence-corrected chi connectivity index (χ1v) is 19.4. The standard InChI is InChI=1S/C33H39NO17Si/c1-18(35)46-26-27(47-19(2)36)29(48-20(3)37)32(51-28(26)31(39)43-4)50-25-13-8-21(16-24(25)30(38)44-14-15-52(5,6)7)17-45-33(40)49-23-11-9-22(10-12-23)34(41)42/h8-13,16,26-29,32H,14-15,17H2,1-7H3/t26-,27-,28-,29+,32?/m0/s1. The highest BCUT2D eigenvalue weighted by molar-refractivity contribution is 6.76. The Bertz CT molecular complexity index is 1650. The highest BCUT2D eigenvalue weighted by Gasteiger charge is 2.56. The van der Waals surface area contributed by atoms with Crippen molar-refractivity contribution in [1.82, 2.24) is 0 Å². The minimum Gasteiger partial charge on any atom is -0.467 e. The number of carbonyl (C=O) groups is 6. The van der Waals surface area contributed by atoms with E-state index in [-0.39, 0.29) is 34.9 Å². The fraction of sp³-hybridized carbons (Fsp3) is 0.455. The van der Waals surface area contributed by atoms with Crippen molar-refractivity contribution in [2.45, 2.75) is 83.8 Å². The molecule has 1 aliphatic rings. The number of non-ortho nitro benzene ring substituents is 1. The number of rotatable bonds is 14. The first-order valence-electron chi connectivity index (χ1n) is 15.7. The van der Waals surface area contributed by atoms with Gasteiger partial charge in [0.15, 0.2) is 18.3 Å². The van der Waals surface area contributed by atoms with Gasteiger partial charge in [-0.3, -0.25) is 24.5 Å². The molecule has 3 rings (SSSR count). The quantitative estimate of drug-likeness (QED) is 0.0666. The van der Waals surface area contributed by atoms with Crippen LogP contribution in [-0.4, -0.2) is 93.4 Å². The second kappa shape index (κ2) is 18.1. The molecule has 52 heavy (non-hydrogen) atoms. The van der Waals surface area contributed by atoms with Crippen molar-refractivity contribution in [3.8, 4) is 11.5 Å². The van der Waals surface area contributed by atoms with Gasteiger partial charge in [-0.05, 0) is 35.9 Å². The summed E-state index contributed by atoms with van der Waals surface area (Å²) >= 11 is 0. The van der Waals surface area contributed by atoms with Gasteiger partial charge < -0.3 is 42.6 Å². The van der Waals surface area contributed by atoms with E-state index in [4.69, 9.17) is 42.6 Å². The Hall–Kier alpha value is -5.56. The molecule has 2 aromatic carbocycles. The zero-order valence-electron chi connectivity index (χ0n) is 29.4. The van der Waals surface area contributed by atoms with Crippen LogP contribution >= 0.6 is 0 Å². The Morgan fingerprint density at radius 3 is 1.98 bits per heavy atom. The van der Waals surface area contributed by atoms with Crippen LogP contribution in [0.15, 0.2) is 42.5 Å². The van der Waals surface area contributed by atoms with Crippen LogP contribution in [0.2, 0.25) is 25.7 Å². The van der Waals surface area contributed by atoms with Crippen LogP contribution in [0, 0.1) is 10.1 Å². The topological polar surface area (TPSA) is 229 Å². The predicted molar refractivity (Wildman–Crippen MR) is 177 cm³/mol. The van der Waals surface area contributed by atoms with E-state index in [1.165, 1.54) is 30.3 Å². The van der Waals surface area contributed by atoms with Gasteiger partial charge in [0.2, 0.25) is 12.4 Å². The maximum atomic E-state index is 13.5. The van der Waals surface area contributed by atoms with Crippen molar-refractivity contribution >= 4 is 49.8 Å². The van der Waals surface area contributed by atoms with E-state index in [0.717, 1.165) is 40.0 Å². The molecule has 0 saturated carbocycles. The van der Waals surface area contributed by atoms with E-state index in [1.807, 2.05) is 0 Å². The summed E-state index contributed by atoms with van der Waals surface area (Å²) in [6.07, 6.45) is -9.61. The molecule has 1 saturated heterocycles. The fourth-order valence-corrected chi connectivity index (χ4v) is 5.37. The number of benzene rings is 2. The fourth-order valence-electron chi connectivity index (χ4n) is 4.66. The molecule has 18 nitrogen and oxygen atoms in total. The number of ether oxygens (including phenoxy) is 9. The number of methoxy groups -OCH3 is 1. The van der Waals surface area contributed by atoms with Gasteiger partial charge in [0.1, 0.15) is 23.7 Å². The number of hydrogen-bond donors (Lipinski definition) is 0. The molecule has 5 atom stereocenters. The predicted octanol–water partition coefficient (Wildman–Crippen LogP) is 3.88. The van der Waals surface area contributed by atoms with Gasteiger partial charge in [-0.1, -0.05) is 25.7 Å². The number of carbonyl (C=O) groups excluding carboxylic acids is 6. The monoisotopic (exact) mass is 749 g/mol. The minimum atomic E-state index is -1.77. The molecular formula is C33H39NO17Si. The molecule has 0 aliphatic carbocycles. The van der Waals surface area contributed by atoms with E-state index in [0.29, 0.717) is 6.04 Å². The molecule has 0 amide bonds. The van der Waals surface area contributed by atoms with Crippen LogP contribution in [0.5, 0.6) is 11.5 Å². The average molecular weight is 750 g/mol. The van der Waals surface area contributed by atoms with Crippen LogP contribution in [0.25, 0.3) is 0 Å². The van der Waals surface area contributed by atoms with Gasteiger partial charge in [-0.2, -0.15) is 0 Å². The normalized spacial score (nSPS) is 19.6. The Kier molecular flexibility index (Phi) is 14.2. The molecule has 1 fully saturated rings. The van der Waals surface area contributed by atoms with Crippen molar-refractivity contribution < 1.29 is 76.3 Å². The summed E-state index contributed by atoms with van der Waals surface area (Å²) in [4.78, 5) is 85.3. The van der Waals surface area contributed by atoms with E-state index < -0.39 is 86.3 Å². The van der Waals surface area contributed by atoms with Gasteiger partial charge in [-0.25, -0.2) is 14.4 Å². The number of nitrogens with zero attached hydrogens (tertiary/aromatic N) is 1. The maximum Gasteiger partial charge on any atom is 0.514 e. The lowest BCUT2D eigenvalue weighted by atomic mass is 9.97. The van der Waals surface area contributed by atoms with Crippen LogP contribution in [0.3, 0.4) is 0 Å². The number of esters is 5. The van der Waals surface area contributed by atoms with Crippen LogP contribution in [0.4, 0.5) is 10.5 Å². The van der Waals surface area contributed by atoms with Crippen molar-refractivity contribution in [2.75, 3.05) is 13.7 Å². The van der Waals surface area contributed by atoms with Crippen LogP contribution in [-0.2, 0) is 58.9 Å². The van der Waals surface area contributed by atoms with Gasteiger partial charge in [0.25, 0.3) is 5.69 Å². The first kappa shape index (κ1) is 40.9. The lowest BCUT2D eigenvalue weighted by molar-refractivity contribution is -0.384. The summed E-state index contributed by atoms with van der Waals surface area (Å²) in [5, 5.41) is 10.9.